The van der Waals surface area contributed by atoms with Crippen molar-refractivity contribution in [2.45, 2.75) is 26.8 Å². The summed E-state index contributed by atoms with van der Waals surface area (Å²) in [7, 11) is 0. The number of furan rings is 1. The topological polar surface area (TPSA) is 104 Å². The summed E-state index contributed by atoms with van der Waals surface area (Å²) in [5, 5.41) is 2.46. The van der Waals surface area contributed by atoms with Crippen LogP contribution in [0.2, 0.25) is 0 Å². The van der Waals surface area contributed by atoms with E-state index < -0.39 is 5.92 Å². The third-order valence-corrected chi connectivity index (χ3v) is 3.78. The minimum absolute atomic E-state index is 0.0128. The lowest BCUT2D eigenvalue weighted by Gasteiger charge is -2.16. The number of hydrogen-bond acceptors (Lipinski definition) is 5. The summed E-state index contributed by atoms with van der Waals surface area (Å²) in [5.74, 6) is -0.747. The van der Waals surface area contributed by atoms with Gasteiger partial charge in [0.2, 0.25) is 17.7 Å². The van der Waals surface area contributed by atoms with Gasteiger partial charge in [0.15, 0.2) is 5.11 Å². The van der Waals surface area contributed by atoms with Gasteiger partial charge in [0.05, 0.1) is 18.7 Å². The van der Waals surface area contributed by atoms with Gasteiger partial charge in [-0.1, -0.05) is 13.8 Å². The van der Waals surface area contributed by atoms with Crippen LogP contribution in [-0.2, 0) is 20.9 Å². The second kappa shape index (κ2) is 7.91. The van der Waals surface area contributed by atoms with Gasteiger partial charge in [0.1, 0.15) is 5.76 Å². The number of nitrogens with one attached hydrogen (secondary N) is 3. The predicted octanol–water partition coefficient (Wildman–Crippen LogP) is 0.306. The summed E-state index contributed by atoms with van der Waals surface area (Å²) >= 11 is 4.92. The average Bonchev–Trinajstić information content (AvgIpc) is 3.15. The molecule has 2 heterocycles. The van der Waals surface area contributed by atoms with Crippen LogP contribution >= 0.6 is 12.2 Å². The summed E-state index contributed by atoms with van der Waals surface area (Å²) < 4.78 is 5.21. The third-order valence-electron chi connectivity index (χ3n) is 3.57. The number of thiocarbonyl (C=S) groups is 1. The van der Waals surface area contributed by atoms with Crippen LogP contribution in [0, 0.1) is 11.8 Å². The summed E-state index contributed by atoms with van der Waals surface area (Å²) in [6.45, 7) is 4.10. The van der Waals surface area contributed by atoms with Crippen LogP contribution in [-0.4, -0.2) is 34.3 Å². The van der Waals surface area contributed by atoms with E-state index in [2.05, 4.69) is 16.2 Å². The lowest BCUT2D eigenvalue weighted by Crippen LogP contribution is -2.51. The number of hydrazine groups is 1. The Morgan fingerprint density at radius 2 is 2.17 bits per heavy atom. The van der Waals surface area contributed by atoms with E-state index in [0.29, 0.717) is 18.8 Å². The highest BCUT2D eigenvalue weighted by atomic mass is 32.1. The van der Waals surface area contributed by atoms with Gasteiger partial charge in [0.25, 0.3) is 0 Å². The maximum Gasteiger partial charge on any atom is 0.243 e. The van der Waals surface area contributed by atoms with Crippen LogP contribution in [0.3, 0.4) is 0 Å². The Kier molecular flexibility index (Phi) is 5.91. The van der Waals surface area contributed by atoms with Crippen LogP contribution in [0.15, 0.2) is 22.8 Å². The van der Waals surface area contributed by atoms with Crippen molar-refractivity contribution in [3.63, 3.8) is 0 Å². The van der Waals surface area contributed by atoms with Crippen molar-refractivity contribution in [2.75, 3.05) is 6.54 Å². The van der Waals surface area contributed by atoms with Crippen LogP contribution < -0.4 is 16.2 Å². The summed E-state index contributed by atoms with van der Waals surface area (Å²) in [5.41, 5.74) is 4.89. The molecule has 9 heteroatoms. The molecule has 0 saturated carbocycles. The molecule has 3 amide bonds. The SMILES string of the molecule is CC(C)C(=O)NC(=S)NNC(=O)C1CC(=O)N(Cc2ccco2)C1. The lowest BCUT2D eigenvalue weighted by molar-refractivity contribution is -0.129. The molecule has 24 heavy (non-hydrogen) atoms. The molecule has 0 spiro atoms. The molecule has 1 fully saturated rings. The van der Waals surface area contributed by atoms with Gasteiger partial charge in [-0.2, -0.15) is 0 Å². The van der Waals surface area contributed by atoms with E-state index in [1.807, 2.05) is 0 Å². The standard InChI is InChI=1S/C15H20N4O4S/c1-9(2)13(21)16-15(24)18-17-14(22)10-6-12(20)19(7-10)8-11-4-3-5-23-11/h3-5,9-10H,6-8H2,1-2H3,(H,17,22)(H2,16,18,21,24). The van der Waals surface area contributed by atoms with Crippen molar-refractivity contribution < 1.29 is 18.8 Å². The largest absolute Gasteiger partial charge is 0.467 e. The molecule has 3 N–H and O–H groups in total. The van der Waals surface area contributed by atoms with Crippen molar-refractivity contribution in [2.24, 2.45) is 11.8 Å². The first-order valence-corrected chi connectivity index (χ1v) is 7.98. The molecule has 1 unspecified atom stereocenters. The monoisotopic (exact) mass is 352 g/mol. The molecule has 0 aromatic carbocycles. The number of rotatable bonds is 4. The number of carbonyl (C=O) groups is 3. The molecular formula is C15H20N4O4S. The van der Waals surface area contributed by atoms with Crippen molar-refractivity contribution in [3.05, 3.63) is 24.2 Å². The highest BCUT2D eigenvalue weighted by Crippen LogP contribution is 2.20. The van der Waals surface area contributed by atoms with Gasteiger partial charge >= 0.3 is 0 Å². The van der Waals surface area contributed by atoms with E-state index in [9.17, 15) is 14.4 Å². The number of amides is 3. The molecule has 1 aromatic heterocycles. The predicted molar refractivity (Wildman–Crippen MR) is 89.1 cm³/mol. The fraction of sp³-hybridized carbons (Fsp3) is 0.467. The zero-order valence-corrected chi connectivity index (χ0v) is 14.3. The van der Waals surface area contributed by atoms with E-state index in [-0.39, 0.29) is 35.2 Å². The summed E-state index contributed by atoms with van der Waals surface area (Å²) in [6, 6.07) is 3.52. The first-order chi connectivity index (χ1) is 11.4. The zero-order valence-electron chi connectivity index (χ0n) is 13.5. The number of nitrogens with zero attached hydrogens (tertiary/aromatic N) is 1. The van der Waals surface area contributed by atoms with E-state index in [4.69, 9.17) is 16.6 Å². The van der Waals surface area contributed by atoms with Gasteiger partial charge in [-0.05, 0) is 24.4 Å². The molecule has 1 aliphatic rings. The fourth-order valence-corrected chi connectivity index (χ4v) is 2.35. The van der Waals surface area contributed by atoms with Gasteiger partial charge < -0.3 is 14.6 Å². The van der Waals surface area contributed by atoms with E-state index >= 15 is 0 Å². The van der Waals surface area contributed by atoms with Crippen LogP contribution in [0.1, 0.15) is 26.0 Å². The smallest absolute Gasteiger partial charge is 0.243 e. The molecule has 0 aliphatic carbocycles. The number of likely N-dealkylation sites (tertiary alicyclic amines) is 1. The van der Waals surface area contributed by atoms with Crippen molar-refractivity contribution in [1.29, 1.82) is 0 Å². The molecule has 130 valence electrons. The molecule has 8 nitrogen and oxygen atoms in total. The van der Waals surface area contributed by atoms with Crippen LogP contribution in [0.5, 0.6) is 0 Å². The Hall–Kier alpha value is -2.42. The first-order valence-electron chi connectivity index (χ1n) is 7.57. The van der Waals surface area contributed by atoms with Crippen molar-refractivity contribution in [3.8, 4) is 0 Å². The van der Waals surface area contributed by atoms with E-state index in [0.717, 1.165) is 0 Å². The summed E-state index contributed by atoms with van der Waals surface area (Å²) in [4.78, 5) is 37.1. The second-order valence-electron chi connectivity index (χ2n) is 5.84. The van der Waals surface area contributed by atoms with Gasteiger partial charge in [0, 0.05) is 18.9 Å². The van der Waals surface area contributed by atoms with Crippen LogP contribution in [0.25, 0.3) is 0 Å². The highest BCUT2D eigenvalue weighted by Gasteiger charge is 2.34. The Balaban J connectivity index is 1.78. The third kappa shape index (κ3) is 4.79. The molecule has 1 atom stereocenters. The normalized spacial score (nSPS) is 17.0. The van der Waals surface area contributed by atoms with Gasteiger partial charge in [-0.3, -0.25) is 25.2 Å². The number of carbonyl (C=O) groups excluding carboxylic acids is 3. The van der Waals surface area contributed by atoms with Crippen molar-refractivity contribution in [1.82, 2.24) is 21.1 Å². The molecule has 2 rings (SSSR count). The highest BCUT2D eigenvalue weighted by molar-refractivity contribution is 7.80. The Morgan fingerprint density at radius 1 is 1.42 bits per heavy atom. The lowest BCUT2D eigenvalue weighted by atomic mass is 10.1. The molecule has 0 bridgehead atoms. The molecular weight excluding hydrogens is 332 g/mol. The Morgan fingerprint density at radius 3 is 2.79 bits per heavy atom. The molecule has 1 saturated heterocycles. The Bertz CT molecular complexity index is 629. The van der Waals surface area contributed by atoms with Gasteiger partial charge in [-0.25, -0.2) is 0 Å². The Labute approximate surface area is 144 Å². The maximum atomic E-state index is 12.1. The van der Waals surface area contributed by atoms with Gasteiger partial charge in [-0.15, -0.1) is 0 Å². The van der Waals surface area contributed by atoms with E-state index in [1.165, 1.54) is 6.26 Å². The molecule has 1 aromatic rings. The molecule has 0 radical (unpaired) electrons. The zero-order chi connectivity index (χ0) is 17.7. The fourth-order valence-electron chi connectivity index (χ4n) is 2.20. The van der Waals surface area contributed by atoms with Crippen LogP contribution in [0.4, 0.5) is 0 Å². The van der Waals surface area contributed by atoms with Crippen molar-refractivity contribution >= 4 is 35.1 Å². The minimum Gasteiger partial charge on any atom is -0.467 e. The maximum absolute atomic E-state index is 12.1. The minimum atomic E-state index is -0.483. The summed E-state index contributed by atoms with van der Waals surface area (Å²) in [6.07, 6.45) is 1.66. The second-order valence-corrected chi connectivity index (χ2v) is 6.25. The number of hydrogen-bond donors (Lipinski definition) is 3. The molecule has 1 aliphatic heterocycles. The quantitative estimate of drug-likeness (QED) is 0.532. The first kappa shape index (κ1) is 17.9. The average molecular weight is 352 g/mol. The van der Waals surface area contributed by atoms with E-state index in [1.54, 1.807) is 30.9 Å².